The zero-order valence-corrected chi connectivity index (χ0v) is 18.7. The Balaban J connectivity index is 1.12. The van der Waals surface area contributed by atoms with Crippen molar-refractivity contribution in [2.45, 2.75) is 38.0 Å². The van der Waals surface area contributed by atoms with E-state index in [1.807, 2.05) is 22.6 Å². The highest BCUT2D eigenvalue weighted by atomic mass is 19.3. The third kappa shape index (κ3) is 3.37. The number of rotatable bonds is 6. The first-order chi connectivity index (χ1) is 16.3. The molecule has 1 saturated carbocycles. The number of hydrogen-bond acceptors (Lipinski definition) is 6. The average molecular weight is 469 g/mol. The van der Waals surface area contributed by atoms with Gasteiger partial charge in [0.1, 0.15) is 5.82 Å². The van der Waals surface area contributed by atoms with Crippen molar-refractivity contribution in [2.75, 3.05) is 18.0 Å². The van der Waals surface area contributed by atoms with Crippen LogP contribution >= 0.6 is 0 Å². The van der Waals surface area contributed by atoms with Gasteiger partial charge in [-0.05, 0) is 24.5 Å². The summed E-state index contributed by atoms with van der Waals surface area (Å²) >= 11 is 0. The number of fused-ring (bicyclic) bond motifs is 2. The number of aliphatic hydroxyl groups is 1. The Morgan fingerprint density at radius 1 is 1.29 bits per heavy atom. The van der Waals surface area contributed by atoms with Crippen molar-refractivity contribution in [2.24, 2.45) is 18.9 Å². The molecule has 3 aromatic rings. The quantitative estimate of drug-likeness (QED) is 0.570. The number of piperidine rings is 1. The summed E-state index contributed by atoms with van der Waals surface area (Å²) in [6.07, 6.45) is 6.64. The van der Waals surface area contributed by atoms with E-state index in [1.54, 1.807) is 23.3 Å². The maximum absolute atomic E-state index is 13.5. The van der Waals surface area contributed by atoms with Crippen molar-refractivity contribution < 1.29 is 18.7 Å². The molecule has 178 valence electrons. The summed E-state index contributed by atoms with van der Waals surface area (Å²) in [5, 5.41) is 17.2. The van der Waals surface area contributed by atoms with Crippen LogP contribution in [0.15, 0.2) is 30.9 Å². The van der Waals surface area contributed by atoms with Crippen LogP contribution in [0.3, 0.4) is 0 Å². The first-order valence-electron chi connectivity index (χ1n) is 11.4. The maximum atomic E-state index is 13.5. The fourth-order valence-electron chi connectivity index (χ4n) is 5.28. The van der Waals surface area contributed by atoms with Crippen molar-refractivity contribution in [3.05, 3.63) is 59.1 Å². The Labute approximate surface area is 194 Å². The van der Waals surface area contributed by atoms with E-state index in [1.165, 1.54) is 6.20 Å². The summed E-state index contributed by atoms with van der Waals surface area (Å²) in [5.41, 5.74) is 3.73. The van der Waals surface area contributed by atoms with Gasteiger partial charge in [-0.3, -0.25) is 9.48 Å². The molecule has 3 aromatic heterocycles. The van der Waals surface area contributed by atoms with Crippen LogP contribution in [0, 0.1) is 11.8 Å². The summed E-state index contributed by atoms with van der Waals surface area (Å²) < 4.78 is 30.6. The number of imidazole rings is 1. The van der Waals surface area contributed by atoms with Crippen molar-refractivity contribution in [1.82, 2.24) is 29.6 Å². The molecule has 2 unspecified atom stereocenters. The number of hydrogen-bond donors (Lipinski definition) is 2. The minimum Gasteiger partial charge on any atom is -0.390 e. The fourth-order valence-corrected chi connectivity index (χ4v) is 5.28. The molecular formula is C23H25F2N7O2. The summed E-state index contributed by atoms with van der Waals surface area (Å²) in [6, 6.07) is 3.51. The number of amides is 1. The van der Waals surface area contributed by atoms with E-state index in [2.05, 4.69) is 20.4 Å². The summed E-state index contributed by atoms with van der Waals surface area (Å²) in [6.45, 7) is 0.622. The van der Waals surface area contributed by atoms with E-state index >= 15 is 0 Å². The SMILES string of the molecule is Cn1cnc2c1CC[C@H]2NC(=O)c1cnn(Cc2ccc(N3CC4C(C3)C4(F)F)nc2CO)c1. The van der Waals surface area contributed by atoms with Crippen LogP contribution in [0.5, 0.6) is 0 Å². The Bertz CT molecular complexity index is 1260. The Hall–Kier alpha value is -3.34. The Morgan fingerprint density at radius 2 is 2.09 bits per heavy atom. The van der Waals surface area contributed by atoms with E-state index in [9.17, 15) is 18.7 Å². The first-order valence-corrected chi connectivity index (χ1v) is 11.4. The topological polar surface area (TPSA) is 101 Å². The highest BCUT2D eigenvalue weighted by molar-refractivity contribution is 5.94. The minimum atomic E-state index is -2.54. The number of anilines is 1. The van der Waals surface area contributed by atoms with Gasteiger partial charge >= 0.3 is 0 Å². The molecule has 9 nitrogen and oxygen atoms in total. The number of carbonyl (C=O) groups excluding carboxylic acids is 1. The molecule has 0 spiro atoms. The molecule has 0 bridgehead atoms. The number of halogens is 2. The van der Waals surface area contributed by atoms with E-state index in [0.29, 0.717) is 23.6 Å². The fraction of sp³-hybridized carbons (Fsp3) is 0.478. The molecule has 6 rings (SSSR count). The second kappa shape index (κ2) is 7.59. The first kappa shape index (κ1) is 21.2. The number of alkyl halides is 2. The molecule has 4 heterocycles. The molecule has 11 heteroatoms. The van der Waals surface area contributed by atoms with Gasteiger partial charge in [-0.1, -0.05) is 6.07 Å². The molecule has 0 radical (unpaired) electrons. The van der Waals surface area contributed by atoms with Crippen LogP contribution in [0.1, 0.15) is 45.5 Å². The lowest BCUT2D eigenvalue weighted by molar-refractivity contribution is 0.0796. The molecule has 34 heavy (non-hydrogen) atoms. The molecule has 2 N–H and O–H groups in total. The van der Waals surface area contributed by atoms with Gasteiger partial charge in [-0.2, -0.15) is 5.10 Å². The average Bonchev–Trinajstić information content (AvgIpc) is 3.46. The van der Waals surface area contributed by atoms with Gasteiger partial charge in [0.25, 0.3) is 11.8 Å². The third-order valence-electron chi connectivity index (χ3n) is 7.35. The molecule has 1 aliphatic heterocycles. The molecule has 1 saturated heterocycles. The van der Waals surface area contributed by atoms with E-state index < -0.39 is 17.8 Å². The lowest BCUT2D eigenvalue weighted by atomic mass is 10.2. The van der Waals surface area contributed by atoms with Gasteiger partial charge in [0, 0.05) is 32.0 Å². The van der Waals surface area contributed by atoms with Crippen molar-refractivity contribution in [3.8, 4) is 0 Å². The van der Waals surface area contributed by atoms with E-state index in [-0.39, 0.29) is 31.6 Å². The van der Waals surface area contributed by atoms with E-state index in [4.69, 9.17) is 0 Å². The smallest absolute Gasteiger partial charge is 0.258 e. The molecule has 2 fully saturated rings. The maximum Gasteiger partial charge on any atom is 0.258 e. The number of aromatic nitrogens is 5. The van der Waals surface area contributed by atoms with Crippen molar-refractivity contribution in [1.29, 1.82) is 0 Å². The Morgan fingerprint density at radius 3 is 2.85 bits per heavy atom. The van der Waals surface area contributed by atoms with Crippen LogP contribution in [-0.2, 0) is 26.6 Å². The van der Waals surface area contributed by atoms with Crippen LogP contribution < -0.4 is 10.2 Å². The number of pyridine rings is 1. The van der Waals surface area contributed by atoms with Gasteiger partial charge in [-0.15, -0.1) is 0 Å². The number of nitrogens with one attached hydrogen (secondary N) is 1. The normalized spacial score (nSPS) is 24.2. The molecule has 0 aromatic carbocycles. The standard InChI is InChI=1S/C23H25F2N7O2/c1-30-12-26-21-17(3-4-19(21)30)29-22(34)14-6-27-32(8-14)7-13-2-5-20(28-18(13)11-33)31-9-15-16(10-31)23(15,24)25/h2,5-6,8,12,15-17,33H,3-4,7,9-11H2,1H3,(H,29,34)/t15?,16?,17-/m1/s1. The third-order valence-corrected chi connectivity index (χ3v) is 7.35. The van der Waals surface area contributed by atoms with Crippen LogP contribution in [-0.4, -0.2) is 54.3 Å². The molecule has 3 aliphatic rings. The van der Waals surface area contributed by atoms with Crippen LogP contribution in [0.2, 0.25) is 0 Å². The highest BCUT2D eigenvalue weighted by Gasteiger charge is 2.71. The summed E-state index contributed by atoms with van der Waals surface area (Å²) in [5.74, 6) is -3.34. The predicted octanol–water partition coefficient (Wildman–Crippen LogP) is 1.67. The van der Waals surface area contributed by atoms with Gasteiger partial charge in [0.2, 0.25) is 0 Å². The molecule has 3 atom stereocenters. The van der Waals surface area contributed by atoms with E-state index in [0.717, 1.165) is 29.8 Å². The summed E-state index contributed by atoms with van der Waals surface area (Å²) in [7, 11) is 1.95. The largest absolute Gasteiger partial charge is 0.390 e. The second-order valence-electron chi connectivity index (χ2n) is 9.40. The van der Waals surface area contributed by atoms with Gasteiger partial charge < -0.3 is 19.9 Å². The lowest BCUT2D eigenvalue weighted by Crippen LogP contribution is -2.28. The van der Waals surface area contributed by atoms with Crippen LogP contribution in [0.25, 0.3) is 0 Å². The molecule has 1 amide bonds. The zero-order chi connectivity index (χ0) is 23.6. The van der Waals surface area contributed by atoms with Crippen molar-refractivity contribution in [3.63, 3.8) is 0 Å². The van der Waals surface area contributed by atoms with Crippen molar-refractivity contribution >= 4 is 11.7 Å². The molecule has 2 aliphatic carbocycles. The van der Waals surface area contributed by atoms with Gasteiger partial charge in [0.15, 0.2) is 0 Å². The number of aliphatic hydroxyl groups excluding tert-OH is 1. The van der Waals surface area contributed by atoms with Gasteiger partial charge in [0.05, 0.1) is 60.5 Å². The highest BCUT2D eigenvalue weighted by Crippen LogP contribution is 2.59. The number of nitrogens with zero attached hydrogens (tertiary/aromatic N) is 6. The number of aryl methyl sites for hydroxylation is 1. The Kier molecular flexibility index (Phi) is 4.73. The zero-order valence-electron chi connectivity index (χ0n) is 18.7. The minimum absolute atomic E-state index is 0.110. The lowest BCUT2D eigenvalue weighted by Gasteiger charge is -2.22. The van der Waals surface area contributed by atoms with Crippen LogP contribution in [0.4, 0.5) is 14.6 Å². The van der Waals surface area contributed by atoms with Gasteiger partial charge in [-0.25, -0.2) is 18.7 Å². The molecular weight excluding hydrogens is 444 g/mol. The number of carbonyl (C=O) groups is 1. The second-order valence-corrected chi connectivity index (χ2v) is 9.40. The summed E-state index contributed by atoms with van der Waals surface area (Å²) in [4.78, 5) is 23.5. The monoisotopic (exact) mass is 469 g/mol. The predicted molar refractivity (Wildman–Crippen MR) is 117 cm³/mol.